The largest absolute Gasteiger partial charge is 0.341 e. The molecule has 0 fully saturated rings. The van der Waals surface area contributed by atoms with Gasteiger partial charge in [0.25, 0.3) is 0 Å². The van der Waals surface area contributed by atoms with E-state index in [-0.39, 0.29) is 11.4 Å². The molecule has 0 spiro atoms. The van der Waals surface area contributed by atoms with Gasteiger partial charge in [-0.2, -0.15) is 0 Å². The molecule has 0 bridgehead atoms. The Morgan fingerprint density at radius 1 is 1.29 bits per heavy atom. The predicted octanol–water partition coefficient (Wildman–Crippen LogP) is 2.93. The second-order valence-electron chi connectivity index (χ2n) is 3.54. The number of amides is 1. The van der Waals surface area contributed by atoms with Crippen LogP contribution in [0.4, 0.5) is 0 Å². The van der Waals surface area contributed by atoms with E-state index in [0.29, 0.717) is 0 Å². The topological polar surface area (TPSA) is 20.3 Å². The van der Waals surface area contributed by atoms with Crippen molar-refractivity contribution < 1.29 is 4.79 Å². The maximum absolute atomic E-state index is 10.7. The zero-order chi connectivity index (χ0) is 12.4. The lowest BCUT2D eigenvalue weighted by atomic mass is 10.1. The van der Waals surface area contributed by atoms with E-state index in [1.54, 1.807) is 18.7 Å². The summed E-state index contributed by atoms with van der Waals surface area (Å²) in [7, 11) is 1.81. The molecule has 0 saturated heterocycles. The summed E-state index contributed by atoms with van der Waals surface area (Å²) in [5, 5.41) is 0. The van der Waals surface area contributed by atoms with Crippen molar-refractivity contribution in [2.75, 3.05) is 7.05 Å². The molecule has 0 atom stereocenters. The van der Waals surface area contributed by atoms with Gasteiger partial charge in [-0.05, 0) is 27.7 Å². The predicted molar refractivity (Wildman–Crippen MR) is 64.1 cm³/mol. The van der Waals surface area contributed by atoms with Crippen LogP contribution in [-0.4, -0.2) is 23.4 Å². The monoisotopic (exact) mass is 199 g/mol. The number of carbonyl (C=O) groups is 1. The third-order valence-corrected chi connectivity index (χ3v) is 1.48. The maximum atomic E-state index is 10.7. The molecular formula is C12H25NO. The van der Waals surface area contributed by atoms with Crippen LogP contribution in [0, 0.1) is 12.3 Å². The molecule has 2 nitrogen and oxygen atoms in total. The Kier molecular flexibility index (Phi) is 13.5. The average molecular weight is 199 g/mol. The Hall–Kier alpha value is -0.970. The fourth-order valence-corrected chi connectivity index (χ4v) is 0.472. The zero-order valence-corrected chi connectivity index (χ0v) is 10.9. The van der Waals surface area contributed by atoms with Gasteiger partial charge in [0.15, 0.2) is 0 Å². The molecule has 0 aromatic rings. The number of terminal acetylenes is 1. The maximum Gasteiger partial charge on any atom is 0.219 e. The number of nitrogens with zero attached hydrogens (tertiary/aromatic N) is 1. The van der Waals surface area contributed by atoms with E-state index < -0.39 is 0 Å². The Balaban J connectivity index is -0.000000205. The van der Waals surface area contributed by atoms with E-state index in [1.807, 2.05) is 41.7 Å². The molecule has 0 aromatic carbocycles. The van der Waals surface area contributed by atoms with E-state index >= 15 is 0 Å². The molecule has 0 N–H and O–H groups in total. The third kappa shape index (κ3) is 13.6. The highest BCUT2D eigenvalue weighted by atomic mass is 16.2. The zero-order valence-electron chi connectivity index (χ0n) is 10.9. The van der Waals surface area contributed by atoms with E-state index in [0.717, 1.165) is 0 Å². The Bertz CT molecular complexity index is 172. The number of hydrogen-bond donors (Lipinski definition) is 0. The van der Waals surface area contributed by atoms with Crippen molar-refractivity contribution in [3.8, 4) is 12.3 Å². The lowest BCUT2D eigenvalue weighted by Gasteiger charge is -2.30. The summed E-state index contributed by atoms with van der Waals surface area (Å²) < 4.78 is 0. The highest BCUT2D eigenvalue weighted by Crippen LogP contribution is 2.09. The first-order valence-corrected chi connectivity index (χ1v) is 4.89. The molecule has 0 rings (SSSR count). The third-order valence-electron chi connectivity index (χ3n) is 1.48. The van der Waals surface area contributed by atoms with E-state index in [9.17, 15) is 4.79 Å². The van der Waals surface area contributed by atoms with Crippen LogP contribution in [0.15, 0.2) is 0 Å². The SMILES string of the molecule is C#CC.CC.CC(=O)N(C)C(C)(C)C. The molecule has 0 aliphatic carbocycles. The molecule has 0 aliphatic heterocycles. The Labute approximate surface area is 89.7 Å². The summed E-state index contributed by atoms with van der Waals surface area (Å²) in [6.45, 7) is 13.3. The van der Waals surface area contributed by atoms with Crippen molar-refractivity contribution in [3.63, 3.8) is 0 Å². The summed E-state index contributed by atoms with van der Waals surface area (Å²) in [6.07, 6.45) is 4.60. The molecule has 0 aliphatic rings. The summed E-state index contributed by atoms with van der Waals surface area (Å²) in [4.78, 5) is 12.4. The molecule has 2 heteroatoms. The van der Waals surface area contributed by atoms with Crippen LogP contribution < -0.4 is 0 Å². The van der Waals surface area contributed by atoms with Gasteiger partial charge in [-0.25, -0.2) is 0 Å². The minimum atomic E-state index is -0.0359. The lowest BCUT2D eigenvalue weighted by molar-refractivity contribution is -0.131. The summed E-state index contributed by atoms with van der Waals surface area (Å²) >= 11 is 0. The van der Waals surface area contributed by atoms with E-state index in [4.69, 9.17) is 0 Å². The van der Waals surface area contributed by atoms with Gasteiger partial charge in [-0.1, -0.05) is 13.8 Å². The highest BCUT2D eigenvalue weighted by Gasteiger charge is 2.18. The number of carbonyl (C=O) groups excluding carboxylic acids is 1. The first-order valence-electron chi connectivity index (χ1n) is 4.89. The Morgan fingerprint density at radius 3 is 1.50 bits per heavy atom. The number of hydrogen-bond acceptors (Lipinski definition) is 1. The van der Waals surface area contributed by atoms with Crippen LogP contribution in [0.5, 0.6) is 0 Å². The standard InChI is InChI=1S/C7H15NO.C3H4.C2H6/c1-6(9)8(5)7(2,3)4;1-3-2;1-2/h1-5H3;1H,2H3;1-2H3. The molecular weight excluding hydrogens is 174 g/mol. The van der Waals surface area contributed by atoms with E-state index in [2.05, 4.69) is 12.3 Å². The van der Waals surface area contributed by atoms with Crippen LogP contribution in [0.1, 0.15) is 48.5 Å². The van der Waals surface area contributed by atoms with Crippen LogP contribution in [-0.2, 0) is 4.79 Å². The normalized spacial score (nSPS) is 8.21. The summed E-state index contributed by atoms with van der Waals surface area (Å²) in [6, 6.07) is 0. The minimum absolute atomic E-state index is 0.0359. The van der Waals surface area contributed by atoms with Gasteiger partial charge in [0.05, 0.1) is 0 Å². The van der Waals surface area contributed by atoms with Crippen LogP contribution in [0.2, 0.25) is 0 Å². The summed E-state index contributed by atoms with van der Waals surface area (Å²) in [5.41, 5.74) is -0.0359. The van der Waals surface area contributed by atoms with Crippen molar-refractivity contribution in [2.24, 2.45) is 0 Å². The van der Waals surface area contributed by atoms with Gasteiger partial charge in [0.1, 0.15) is 0 Å². The fourth-order valence-electron chi connectivity index (χ4n) is 0.472. The average Bonchev–Trinajstić information content (AvgIpc) is 2.06. The first kappa shape index (κ1) is 18.7. The highest BCUT2D eigenvalue weighted by molar-refractivity contribution is 5.73. The Morgan fingerprint density at radius 2 is 1.50 bits per heavy atom. The second-order valence-corrected chi connectivity index (χ2v) is 3.54. The molecule has 0 radical (unpaired) electrons. The number of rotatable bonds is 0. The molecule has 0 saturated carbocycles. The fraction of sp³-hybridized carbons (Fsp3) is 0.750. The van der Waals surface area contributed by atoms with Crippen molar-refractivity contribution in [1.29, 1.82) is 0 Å². The molecule has 84 valence electrons. The smallest absolute Gasteiger partial charge is 0.219 e. The molecule has 14 heavy (non-hydrogen) atoms. The quantitative estimate of drug-likeness (QED) is 0.549. The van der Waals surface area contributed by atoms with Gasteiger partial charge in [-0.15, -0.1) is 12.3 Å². The molecule has 0 unspecified atom stereocenters. The van der Waals surface area contributed by atoms with Crippen molar-refractivity contribution >= 4 is 5.91 Å². The van der Waals surface area contributed by atoms with Gasteiger partial charge in [-0.3, -0.25) is 4.79 Å². The molecule has 1 amide bonds. The van der Waals surface area contributed by atoms with Crippen molar-refractivity contribution in [1.82, 2.24) is 4.90 Å². The molecule has 0 heterocycles. The van der Waals surface area contributed by atoms with E-state index in [1.165, 1.54) is 0 Å². The van der Waals surface area contributed by atoms with Crippen LogP contribution >= 0.6 is 0 Å². The van der Waals surface area contributed by atoms with Crippen molar-refractivity contribution in [3.05, 3.63) is 0 Å². The minimum Gasteiger partial charge on any atom is -0.341 e. The first-order chi connectivity index (χ1) is 6.27. The van der Waals surface area contributed by atoms with Crippen LogP contribution in [0.3, 0.4) is 0 Å². The lowest BCUT2D eigenvalue weighted by Crippen LogP contribution is -2.41. The van der Waals surface area contributed by atoms with Crippen molar-refractivity contribution in [2.45, 2.75) is 54.0 Å². The summed E-state index contributed by atoms with van der Waals surface area (Å²) in [5.74, 6) is 2.36. The van der Waals surface area contributed by atoms with Gasteiger partial charge in [0.2, 0.25) is 5.91 Å². The van der Waals surface area contributed by atoms with Gasteiger partial charge < -0.3 is 4.90 Å². The molecule has 0 aromatic heterocycles. The second kappa shape index (κ2) is 10.1. The van der Waals surface area contributed by atoms with Gasteiger partial charge in [0, 0.05) is 19.5 Å². The van der Waals surface area contributed by atoms with Gasteiger partial charge >= 0.3 is 0 Å². The van der Waals surface area contributed by atoms with Crippen LogP contribution in [0.25, 0.3) is 0 Å².